The lowest BCUT2D eigenvalue weighted by atomic mass is 10.3. The molecule has 19 heavy (non-hydrogen) atoms. The monoisotopic (exact) mass is 271 g/mol. The van der Waals surface area contributed by atoms with Gasteiger partial charge in [-0.3, -0.25) is 4.79 Å². The van der Waals surface area contributed by atoms with Crippen LogP contribution in [0.2, 0.25) is 0 Å². The van der Waals surface area contributed by atoms with Gasteiger partial charge in [0.1, 0.15) is 6.61 Å². The van der Waals surface area contributed by atoms with Crippen molar-refractivity contribution in [2.45, 2.75) is 18.9 Å². The van der Waals surface area contributed by atoms with Gasteiger partial charge in [0.25, 0.3) is 5.91 Å². The van der Waals surface area contributed by atoms with E-state index in [0.717, 1.165) is 25.0 Å². The van der Waals surface area contributed by atoms with E-state index in [1.807, 2.05) is 0 Å². The van der Waals surface area contributed by atoms with Crippen molar-refractivity contribution >= 4 is 17.8 Å². The topological polar surface area (TPSA) is 93.1 Å². The van der Waals surface area contributed by atoms with Crippen molar-refractivity contribution < 1.29 is 29.0 Å². The van der Waals surface area contributed by atoms with Gasteiger partial charge in [-0.25, -0.2) is 9.59 Å². The highest BCUT2D eigenvalue weighted by Crippen LogP contribution is 2.09. The van der Waals surface area contributed by atoms with E-state index in [0.29, 0.717) is 13.1 Å². The molecule has 0 saturated carbocycles. The van der Waals surface area contributed by atoms with E-state index < -0.39 is 30.6 Å². The molecule has 1 atom stereocenters. The zero-order chi connectivity index (χ0) is 14.3. The molecule has 1 amide bonds. The molecule has 7 heteroatoms. The van der Waals surface area contributed by atoms with Crippen molar-refractivity contribution in [1.82, 2.24) is 4.90 Å². The van der Waals surface area contributed by atoms with E-state index >= 15 is 0 Å². The fourth-order valence-electron chi connectivity index (χ4n) is 1.63. The van der Waals surface area contributed by atoms with Crippen LogP contribution >= 0.6 is 0 Å². The molecule has 0 radical (unpaired) electrons. The van der Waals surface area contributed by atoms with Crippen LogP contribution in [0.1, 0.15) is 12.8 Å². The fourth-order valence-corrected chi connectivity index (χ4v) is 1.63. The van der Waals surface area contributed by atoms with E-state index in [1.165, 1.54) is 12.0 Å². The molecule has 0 aromatic heterocycles. The number of aliphatic hydroxyl groups is 1. The van der Waals surface area contributed by atoms with Crippen LogP contribution in [0, 0.1) is 0 Å². The maximum absolute atomic E-state index is 11.7. The molecule has 1 N–H and O–H groups in total. The average Bonchev–Trinajstić information content (AvgIpc) is 2.95. The Morgan fingerprint density at radius 1 is 1.21 bits per heavy atom. The van der Waals surface area contributed by atoms with Crippen LogP contribution < -0.4 is 0 Å². The molecule has 106 valence electrons. The van der Waals surface area contributed by atoms with Crippen molar-refractivity contribution in [3.63, 3.8) is 0 Å². The van der Waals surface area contributed by atoms with Gasteiger partial charge in [-0.15, -0.1) is 0 Å². The highest BCUT2D eigenvalue weighted by molar-refractivity contribution is 5.91. The van der Waals surface area contributed by atoms with Crippen molar-refractivity contribution in [2.75, 3.05) is 26.8 Å². The Labute approximate surface area is 110 Å². The zero-order valence-electron chi connectivity index (χ0n) is 10.7. The Morgan fingerprint density at radius 3 is 2.37 bits per heavy atom. The number of methoxy groups -OCH3 is 1. The molecule has 0 aromatic rings. The molecular weight excluding hydrogens is 254 g/mol. The summed E-state index contributed by atoms with van der Waals surface area (Å²) in [4.78, 5) is 35.1. The van der Waals surface area contributed by atoms with E-state index in [-0.39, 0.29) is 0 Å². The number of likely N-dealkylation sites (tertiary alicyclic amines) is 1. The molecule has 1 aliphatic rings. The predicted molar refractivity (Wildman–Crippen MR) is 63.9 cm³/mol. The van der Waals surface area contributed by atoms with Crippen LogP contribution in [0.5, 0.6) is 0 Å². The van der Waals surface area contributed by atoms with Crippen LogP contribution in [0.25, 0.3) is 0 Å². The van der Waals surface area contributed by atoms with Crippen molar-refractivity contribution in [3.05, 3.63) is 12.2 Å². The number of carbonyl (C=O) groups excluding carboxylic acids is 3. The summed E-state index contributed by atoms with van der Waals surface area (Å²) in [6.45, 7) is 0.803. The van der Waals surface area contributed by atoms with E-state index in [9.17, 15) is 19.5 Å². The fraction of sp³-hybridized carbons (Fsp3) is 0.583. The van der Waals surface area contributed by atoms with Gasteiger partial charge >= 0.3 is 11.9 Å². The number of aliphatic hydroxyl groups excluding tert-OH is 1. The Bertz CT molecular complexity index is 372. The summed E-state index contributed by atoms with van der Waals surface area (Å²) in [5.41, 5.74) is 0. The Kier molecular flexibility index (Phi) is 6.01. The third-order valence-electron chi connectivity index (χ3n) is 2.64. The van der Waals surface area contributed by atoms with Gasteiger partial charge in [0, 0.05) is 25.2 Å². The van der Waals surface area contributed by atoms with Crippen LogP contribution in [0.4, 0.5) is 0 Å². The molecular formula is C12H17NO6. The number of esters is 2. The van der Waals surface area contributed by atoms with Crippen LogP contribution in [0.15, 0.2) is 12.2 Å². The van der Waals surface area contributed by atoms with E-state index in [4.69, 9.17) is 0 Å². The van der Waals surface area contributed by atoms with Gasteiger partial charge in [0.15, 0.2) is 6.10 Å². The smallest absolute Gasteiger partial charge is 0.331 e. The second-order valence-electron chi connectivity index (χ2n) is 4.03. The van der Waals surface area contributed by atoms with Gasteiger partial charge in [0.05, 0.1) is 7.11 Å². The van der Waals surface area contributed by atoms with Gasteiger partial charge in [-0.05, 0) is 12.8 Å². The molecule has 0 bridgehead atoms. The number of ether oxygens (including phenoxy) is 2. The Hall–Kier alpha value is -1.89. The lowest BCUT2D eigenvalue weighted by Gasteiger charge is -2.18. The third-order valence-corrected chi connectivity index (χ3v) is 2.64. The number of hydrogen-bond donors (Lipinski definition) is 1. The van der Waals surface area contributed by atoms with Crippen molar-refractivity contribution in [1.29, 1.82) is 0 Å². The SMILES string of the molecule is COC(=O)/C=C/C(=O)OCC(O)C(=O)N1CCCC1. The number of rotatable bonds is 5. The summed E-state index contributed by atoms with van der Waals surface area (Å²) >= 11 is 0. The quantitative estimate of drug-likeness (QED) is 0.522. The molecule has 0 aromatic carbocycles. The predicted octanol–water partition coefficient (Wildman–Crippen LogP) is -0.758. The highest BCUT2D eigenvalue weighted by Gasteiger charge is 2.25. The van der Waals surface area contributed by atoms with Gasteiger partial charge in [-0.1, -0.05) is 0 Å². The highest BCUT2D eigenvalue weighted by atomic mass is 16.5. The first-order chi connectivity index (χ1) is 9.04. The molecule has 7 nitrogen and oxygen atoms in total. The summed E-state index contributed by atoms with van der Waals surface area (Å²) < 4.78 is 8.94. The van der Waals surface area contributed by atoms with Gasteiger partial charge in [0.2, 0.25) is 0 Å². The number of carbonyl (C=O) groups is 3. The van der Waals surface area contributed by atoms with Crippen LogP contribution in [-0.4, -0.2) is 60.8 Å². The molecule has 0 aliphatic carbocycles. The van der Waals surface area contributed by atoms with Crippen LogP contribution in [0.3, 0.4) is 0 Å². The number of nitrogens with zero attached hydrogens (tertiary/aromatic N) is 1. The molecule has 1 heterocycles. The molecule has 1 aliphatic heterocycles. The standard InChI is InChI=1S/C12H17NO6/c1-18-10(15)4-5-11(16)19-8-9(14)12(17)13-6-2-3-7-13/h4-5,9,14H,2-3,6-8H2,1H3/b5-4+. The Morgan fingerprint density at radius 2 is 1.79 bits per heavy atom. The minimum absolute atomic E-state index is 0.431. The van der Waals surface area contributed by atoms with E-state index in [1.54, 1.807) is 0 Å². The van der Waals surface area contributed by atoms with Crippen LogP contribution in [-0.2, 0) is 23.9 Å². The summed E-state index contributed by atoms with van der Waals surface area (Å²) in [6, 6.07) is 0. The first-order valence-electron chi connectivity index (χ1n) is 5.94. The Balaban J connectivity index is 2.31. The summed E-state index contributed by atoms with van der Waals surface area (Å²) in [5, 5.41) is 9.57. The molecule has 1 saturated heterocycles. The number of amides is 1. The van der Waals surface area contributed by atoms with Crippen molar-refractivity contribution in [2.24, 2.45) is 0 Å². The summed E-state index contributed by atoms with van der Waals surface area (Å²) in [6.07, 6.45) is 2.24. The third kappa shape index (κ3) is 5.09. The molecule has 1 fully saturated rings. The number of hydrogen-bond acceptors (Lipinski definition) is 6. The summed E-state index contributed by atoms with van der Waals surface area (Å²) in [7, 11) is 1.18. The van der Waals surface area contributed by atoms with Crippen molar-refractivity contribution in [3.8, 4) is 0 Å². The normalized spacial score (nSPS) is 16.4. The second-order valence-corrected chi connectivity index (χ2v) is 4.03. The minimum atomic E-state index is -1.37. The van der Waals surface area contributed by atoms with Gasteiger partial charge < -0.3 is 19.5 Å². The van der Waals surface area contributed by atoms with Gasteiger partial charge in [-0.2, -0.15) is 0 Å². The lowest BCUT2D eigenvalue weighted by Crippen LogP contribution is -2.39. The first-order valence-corrected chi connectivity index (χ1v) is 5.94. The zero-order valence-corrected chi connectivity index (χ0v) is 10.7. The average molecular weight is 271 g/mol. The summed E-state index contributed by atoms with van der Waals surface area (Å²) in [5.74, 6) is -1.95. The maximum Gasteiger partial charge on any atom is 0.331 e. The minimum Gasteiger partial charge on any atom is -0.466 e. The molecule has 1 rings (SSSR count). The van der Waals surface area contributed by atoms with E-state index in [2.05, 4.69) is 9.47 Å². The lowest BCUT2D eigenvalue weighted by molar-refractivity contribution is -0.149. The second kappa shape index (κ2) is 7.52. The largest absolute Gasteiger partial charge is 0.466 e. The molecule has 0 spiro atoms. The maximum atomic E-state index is 11.7. The molecule has 1 unspecified atom stereocenters. The first kappa shape index (κ1) is 15.2.